The number of alkyl halides is 3. The second-order valence-electron chi connectivity index (χ2n) is 7.45. The van der Waals surface area contributed by atoms with Gasteiger partial charge in [-0.25, -0.2) is 14.4 Å². The van der Waals surface area contributed by atoms with Crippen molar-refractivity contribution in [1.29, 1.82) is 0 Å². The molecule has 4 rings (SSSR count). The normalized spacial score (nSPS) is 11.3. The summed E-state index contributed by atoms with van der Waals surface area (Å²) in [5.41, 5.74) is 4.50. The number of methoxy groups -OCH3 is 1. The van der Waals surface area contributed by atoms with E-state index in [0.717, 1.165) is 0 Å². The molecule has 3 N–H and O–H groups in total. The van der Waals surface area contributed by atoms with Crippen LogP contribution in [0.2, 0.25) is 0 Å². The van der Waals surface area contributed by atoms with Gasteiger partial charge in [0.05, 0.1) is 12.8 Å². The molecule has 0 unspecified atom stereocenters. The zero-order valence-electron chi connectivity index (χ0n) is 18.3. The summed E-state index contributed by atoms with van der Waals surface area (Å²) in [7, 11) is 1.33. The third-order valence-electron chi connectivity index (χ3n) is 5.11. The molecule has 3 aromatic carbocycles. The number of para-hydroxylation sites is 1. The smallest absolute Gasteiger partial charge is 0.434 e. The summed E-state index contributed by atoms with van der Waals surface area (Å²) in [6, 6.07) is 15.8. The molecule has 0 aliphatic carbocycles. The highest BCUT2D eigenvalue weighted by atomic mass is 19.4. The third kappa shape index (κ3) is 5.11. The Morgan fingerprint density at radius 3 is 2.31 bits per heavy atom. The van der Waals surface area contributed by atoms with E-state index >= 15 is 0 Å². The first-order chi connectivity index (χ1) is 16.7. The van der Waals surface area contributed by atoms with Gasteiger partial charge in [-0.2, -0.15) is 13.2 Å². The van der Waals surface area contributed by atoms with Crippen LogP contribution in [0.1, 0.15) is 11.3 Å². The average molecular weight is 485 g/mol. The van der Waals surface area contributed by atoms with Crippen molar-refractivity contribution in [2.45, 2.75) is 12.8 Å². The average Bonchev–Trinajstić information content (AvgIpc) is 2.83. The molecule has 4 aromatic rings. The first kappa shape index (κ1) is 23.8. The van der Waals surface area contributed by atoms with Crippen molar-refractivity contribution in [3.8, 4) is 39.6 Å². The number of aromatic nitrogens is 2. The van der Waals surface area contributed by atoms with E-state index in [2.05, 4.69) is 9.97 Å². The lowest BCUT2D eigenvalue weighted by Crippen LogP contribution is -2.14. The van der Waals surface area contributed by atoms with Gasteiger partial charge in [0.15, 0.2) is 5.69 Å². The summed E-state index contributed by atoms with van der Waals surface area (Å²) in [6.07, 6.45) is -4.87. The number of rotatable bonds is 6. The molecular formula is C25H19F4N3O3. The van der Waals surface area contributed by atoms with E-state index < -0.39 is 17.8 Å². The van der Waals surface area contributed by atoms with Gasteiger partial charge in [0, 0.05) is 22.8 Å². The van der Waals surface area contributed by atoms with Crippen molar-refractivity contribution in [1.82, 2.24) is 9.97 Å². The van der Waals surface area contributed by atoms with Crippen LogP contribution in [0.15, 0.2) is 66.7 Å². The molecule has 1 aromatic heterocycles. The fourth-order valence-corrected chi connectivity index (χ4v) is 3.53. The van der Waals surface area contributed by atoms with E-state index in [1.165, 1.54) is 49.6 Å². The fourth-order valence-electron chi connectivity index (χ4n) is 3.53. The molecule has 0 amide bonds. The number of anilines is 1. The van der Waals surface area contributed by atoms with Crippen LogP contribution >= 0.6 is 0 Å². The molecule has 0 aliphatic rings. The highest BCUT2D eigenvalue weighted by molar-refractivity contribution is 5.88. The van der Waals surface area contributed by atoms with Gasteiger partial charge in [0.1, 0.15) is 29.7 Å². The predicted octanol–water partition coefficient (Wildman–Crippen LogP) is 5.84. The fraction of sp³-hybridized carbons (Fsp3) is 0.120. The SMILES string of the molecule is COc1ccccc1-c1c(-c2ccc(OCc3ccc(F)cc3)cc2O)nc(N)nc1C(F)(F)F. The summed E-state index contributed by atoms with van der Waals surface area (Å²) in [5, 5.41) is 10.7. The Morgan fingerprint density at radius 1 is 0.943 bits per heavy atom. The molecular weight excluding hydrogens is 466 g/mol. The Bertz CT molecular complexity index is 1360. The van der Waals surface area contributed by atoms with Crippen molar-refractivity contribution in [3.63, 3.8) is 0 Å². The van der Waals surface area contributed by atoms with E-state index in [4.69, 9.17) is 15.2 Å². The Morgan fingerprint density at radius 2 is 1.66 bits per heavy atom. The Labute approximate surface area is 197 Å². The van der Waals surface area contributed by atoms with E-state index in [1.807, 2.05) is 0 Å². The monoisotopic (exact) mass is 485 g/mol. The van der Waals surface area contributed by atoms with Gasteiger partial charge in [-0.1, -0.05) is 30.3 Å². The Balaban J connectivity index is 1.80. The minimum absolute atomic E-state index is 0.0142. The zero-order chi connectivity index (χ0) is 25.2. The lowest BCUT2D eigenvalue weighted by molar-refractivity contribution is -0.140. The number of nitrogen functional groups attached to an aromatic ring is 1. The Kier molecular flexibility index (Phi) is 6.46. The largest absolute Gasteiger partial charge is 0.507 e. The summed E-state index contributed by atoms with van der Waals surface area (Å²) >= 11 is 0. The van der Waals surface area contributed by atoms with Crippen molar-refractivity contribution in [2.75, 3.05) is 12.8 Å². The molecule has 0 atom stereocenters. The first-order valence-electron chi connectivity index (χ1n) is 10.3. The van der Waals surface area contributed by atoms with Crippen molar-refractivity contribution >= 4 is 5.95 Å². The van der Waals surface area contributed by atoms with Gasteiger partial charge in [-0.05, 0) is 35.9 Å². The minimum Gasteiger partial charge on any atom is -0.507 e. The van der Waals surface area contributed by atoms with Gasteiger partial charge >= 0.3 is 6.18 Å². The number of ether oxygens (including phenoxy) is 2. The molecule has 6 nitrogen and oxygen atoms in total. The van der Waals surface area contributed by atoms with Crippen LogP contribution in [0, 0.1) is 5.82 Å². The molecule has 0 radical (unpaired) electrons. The number of phenolic OH excluding ortho intramolecular Hbond substituents is 1. The van der Waals surface area contributed by atoms with Crippen molar-refractivity contribution < 1.29 is 32.1 Å². The van der Waals surface area contributed by atoms with Gasteiger partial charge in [-0.3, -0.25) is 0 Å². The molecule has 0 fully saturated rings. The number of nitrogens with two attached hydrogens (primary N) is 1. The van der Waals surface area contributed by atoms with Crippen LogP contribution in [0.25, 0.3) is 22.4 Å². The quantitative estimate of drug-likeness (QED) is 0.333. The van der Waals surface area contributed by atoms with Gasteiger partial charge in [0.2, 0.25) is 5.95 Å². The third-order valence-corrected chi connectivity index (χ3v) is 5.11. The number of benzene rings is 3. The van der Waals surface area contributed by atoms with E-state index in [1.54, 1.807) is 24.3 Å². The van der Waals surface area contributed by atoms with Crippen molar-refractivity contribution in [3.05, 3.63) is 83.8 Å². The van der Waals surface area contributed by atoms with Crippen LogP contribution in [0.3, 0.4) is 0 Å². The number of halogens is 4. The summed E-state index contributed by atoms with van der Waals surface area (Å²) in [5.74, 6) is -0.978. The predicted molar refractivity (Wildman–Crippen MR) is 121 cm³/mol. The van der Waals surface area contributed by atoms with E-state index in [-0.39, 0.29) is 52.1 Å². The molecule has 0 bridgehead atoms. The molecule has 1 heterocycles. The molecule has 180 valence electrons. The van der Waals surface area contributed by atoms with Gasteiger partial charge < -0.3 is 20.3 Å². The number of nitrogens with zero attached hydrogens (tertiary/aromatic N) is 2. The molecule has 0 aliphatic heterocycles. The van der Waals surface area contributed by atoms with Crippen LogP contribution < -0.4 is 15.2 Å². The molecule has 35 heavy (non-hydrogen) atoms. The van der Waals surface area contributed by atoms with Crippen LogP contribution in [-0.2, 0) is 12.8 Å². The highest BCUT2D eigenvalue weighted by Gasteiger charge is 2.39. The summed E-state index contributed by atoms with van der Waals surface area (Å²) < 4.78 is 66.0. The first-order valence-corrected chi connectivity index (χ1v) is 10.3. The van der Waals surface area contributed by atoms with E-state index in [9.17, 15) is 22.7 Å². The number of aromatic hydroxyl groups is 1. The lowest BCUT2D eigenvalue weighted by atomic mass is 9.96. The standard InChI is InChI=1S/C25H19F4N3O3/c1-34-20-5-3-2-4-18(20)21-22(31-24(30)32-23(21)25(27,28)29)17-11-10-16(12-19(17)33)35-13-14-6-8-15(26)9-7-14/h2-12,33H,13H2,1H3,(H2,30,31,32). The highest BCUT2D eigenvalue weighted by Crippen LogP contribution is 2.46. The van der Waals surface area contributed by atoms with E-state index in [0.29, 0.717) is 5.56 Å². The number of hydrogen-bond donors (Lipinski definition) is 2. The number of phenols is 1. The molecule has 0 saturated carbocycles. The maximum absolute atomic E-state index is 14.0. The van der Waals surface area contributed by atoms with Crippen LogP contribution in [0.5, 0.6) is 17.2 Å². The minimum atomic E-state index is -4.87. The Hall–Kier alpha value is -4.34. The maximum Gasteiger partial charge on any atom is 0.434 e. The lowest BCUT2D eigenvalue weighted by Gasteiger charge is -2.19. The zero-order valence-corrected chi connectivity index (χ0v) is 18.3. The van der Waals surface area contributed by atoms with Gasteiger partial charge in [0.25, 0.3) is 0 Å². The topological polar surface area (TPSA) is 90.5 Å². The second-order valence-corrected chi connectivity index (χ2v) is 7.45. The van der Waals surface area contributed by atoms with Crippen LogP contribution in [-0.4, -0.2) is 22.2 Å². The van der Waals surface area contributed by atoms with Crippen LogP contribution in [0.4, 0.5) is 23.5 Å². The summed E-state index contributed by atoms with van der Waals surface area (Å²) in [6.45, 7) is 0.0875. The number of hydrogen-bond acceptors (Lipinski definition) is 6. The molecule has 0 spiro atoms. The molecule has 10 heteroatoms. The maximum atomic E-state index is 14.0. The van der Waals surface area contributed by atoms with Gasteiger partial charge in [-0.15, -0.1) is 0 Å². The summed E-state index contributed by atoms with van der Waals surface area (Å²) in [4.78, 5) is 7.49. The molecule has 0 saturated heterocycles. The van der Waals surface area contributed by atoms with Crippen molar-refractivity contribution in [2.24, 2.45) is 0 Å². The second kappa shape index (κ2) is 9.49.